The summed E-state index contributed by atoms with van der Waals surface area (Å²) in [6, 6.07) is 7.85. The van der Waals surface area contributed by atoms with E-state index in [9.17, 15) is 0 Å². The van der Waals surface area contributed by atoms with Crippen LogP contribution in [0.1, 0.15) is 0 Å². The van der Waals surface area contributed by atoms with Crippen molar-refractivity contribution in [3.05, 3.63) is 40.4 Å². The lowest BCUT2D eigenvalue weighted by Crippen LogP contribution is -1.86. The first kappa shape index (κ1) is 11.4. The Morgan fingerprint density at radius 1 is 1.33 bits per heavy atom. The SMILES string of the molecule is Nc1onc(-c2cncs2)c1-c1cccc(Br)c1. The zero-order chi connectivity index (χ0) is 12.5. The normalized spacial score (nSPS) is 10.7. The van der Waals surface area contributed by atoms with Crippen molar-refractivity contribution in [1.29, 1.82) is 0 Å². The Morgan fingerprint density at radius 2 is 2.22 bits per heavy atom. The van der Waals surface area contributed by atoms with Crippen LogP contribution in [0, 0.1) is 0 Å². The highest BCUT2D eigenvalue weighted by molar-refractivity contribution is 9.10. The summed E-state index contributed by atoms with van der Waals surface area (Å²) in [5, 5.41) is 4.02. The van der Waals surface area contributed by atoms with Crippen molar-refractivity contribution in [2.45, 2.75) is 0 Å². The second-order valence-corrected chi connectivity index (χ2v) is 5.45. The predicted molar refractivity (Wildman–Crippen MR) is 75.2 cm³/mol. The van der Waals surface area contributed by atoms with Crippen molar-refractivity contribution in [2.24, 2.45) is 0 Å². The lowest BCUT2D eigenvalue weighted by atomic mass is 10.1. The molecule has 0 saturated heterocycles. The molecule has 6 heteroatoms. The van der Waals surface area contributed by atoms with Gasteiger partial charge in [-0.25, -0.2) is 0 Å². The molecule has 0 atom stereocenters. The van der Waals surface area contributed by atoms with E-state index in [1.54, 1.807) is 11.7 Å². The molecule has 0 saturated carbocycles. The first-order valence-electron chi connectivity index (χ1n) is 5.15. The average Bonchev–Trinajstić information content (AvgIpc) is 2.97. The Hall–Kier alpha value is -1.66. The number of anilines is 1. The molecular weight excluding hydrogens is 314 g/mol. The largest absolute Gasteiger partial charge is 0.367 e. The van der Waals surface area contributed by atoms with E-state index in [0.717, 1.165) is 26.2 Å². The molecule has 1 aromatic carbocycles. The minimum atomic E-state index is 0.316. The maximum atomic E-state index is 5.87. The average molecular weight is 322 g/mol. The van der Waals surface area contributed by atoms with E-state index in [2.05, 4.69) is 26.1 Å². The molecular formula is C12H8BrN3OS. The van der Waals surface area contributed by atoms with E-state index in [1.165, 1.54) is 11.3 Å². The summed E-state index contributed by atoms with van der Waals surface area (Å²) in [7, 11) is 0. The Labute approximate surface area is 116 Å². The van der Waals surface area contributed by atoms with Crippen molar-refractivity contribution in [3.8, 4) is 21.7 Å². The van der Waals surface area contributed by atoms with Gasteiger partial charge in [-0.05, 0) is 17.7 Å². The Bertz CT molecular complexity index is 678. The van der Waals surface area contributed by atoms with Crippen LogP contribution in [0.5, 0.6) is 0 Å². The Morgan fingerprint density at radius 3 is 2.94 bits per heavy atom. The smallest absolute Gasteiger partial charge is 0.230 e. The molecule has 0 aliphatic carbocycles. The van der Waals surface area contributed by atoms with Crippen LogP contribution in [0.4, 0.5) is 5.88 Å². The van der Waals surface area contributed by atoms with Crippen LogP contribution in [-0.2, 0) is 0 Å². The zero-order valence-electron chi connectivity index (χ0n) is 9.13. The van der Waals surface area contributed by atoms with E-state index >= 15 is 0 Å². The molecule has 0 bridgehead atoms. The molecule has 0 unspecified atom stereocenters. The summed E-state index contributed by atoms with van der Waals surface area (Å²) < 4.78 is 6.09. The zero-order valence-corrected chi connectivity index (χ0v) is 11.5. The number of aromatic nitrogens is 2. The summed E-state index contributed by atoms with van der Waals surface area (Å²) in [6.07, 6.45) is 1.75. The number of rotatable bonds is 2. The summed E-state index contributed by atoms with van der Waals surface area (Å²) >= 11 is 4.95. The highest BCUT2D eigenvalue weighted by atomic mass is 79.9. The second-order valence-electron chi connectivity index (χ2n) is 3.65. The highest BCUT2D eigenvalue weighted by Gasteiger charge is 2.18. The number of hydrogen-bond acceptors (Lipinski definition) is 5. The van der Waals surface area contributed by atoms with Gasteiger partial charge in [-0.15, -0.1) is 11.3 Å². The van der Waals surface area contributed by atoms with E-state index in [-0.39, 0.29) is 0 Å². The minimum absolute atomic E-state index is 0.316. The maximum absolute atomic E-state index is 5.87. The van der Waals surface area contributed by atoms with Gasteiger partial charge in [0.15, 0.2) is 0 Å². The molecule has 0 radical (unpaired) electrons. The summed E-state index contributed by atoms with van der Waals surface area (Å²) in [5.74, 6) is 0.316. The lowest BCUT2D eigenvalue weighted by molar-refractivity contribution is 0.439. The van der Waals surface area contributed by atoms with Crippen molar-refractivity contribution < 1.29 is 4.52 Å². The van der Waals surface area contributed by atoms with Crippen LogP contribution >= 0.6 is 27.3 Å². The van der Waals surface area contributed by atoms with Gasteiger partial charge in [0.05, 0.1) is 16.0 Å². The topological polar surface area (TPSA) is 64.9 Å². The molecule has 90 valence electrons. The molecule has 3 rings (SSSR count). The lowest BCUT2D eigenvalue weighted by Gasteiger charge is -2.01. The summed E-state index contributed by atoms with van der Waals surface area (Å²) in [4.78, 5) is 4.98. The van der Waals surface area contributed by atoms with Crippen LogP contribution in [0.25, 0.3) is 21.7 Å². The number of nitrogens with two attached hydrogens (primary N) is 1. The van der Waals surface area contributed by atoms with Crippen molar-refractivity contribution >= 4 is 33.2 Å². The number of thiazole rings is 1. The molecule has 18 heavy (non-hydrogen) atoms. The molecule has 2 aromatic heterocycles. The van der Waals surface area contributed by atoms with Crippen molar-refractivity contribution in [3.63, 3.8) is 0 Å². The fourth-order valence-corrected chi connectivity index (χ4v) is 2.73. The standard InChI is InChI=1S/C12H8BrN3OS/c13-8-3-1-2-7(4-8)10-11(16-17-12(10)14)9-5-15-6-18-9/h1-6H,14H2. The fraction of sp³-hybridized carbons (Fsp3) is 0. The minimum Gasteiger partial charge on any atom is -0.367 e. The number of nitrogens with zero attached hydrogens (tertiary/aromatic N) is 2. The van der Waals surface area contributed by atoms with Crippen LogP contribution in [0.2, 0.25) is 0 Å². The third-order valence-electron chi connectivity index (χ3n) is 2.50. The van der Waals surface area contributed by atoms with E-state index in [4.69, 9.17) is 10.3 Å². The van der Waals surface area contributed by atoms with Crippen LogP contribution in [0.3, 0.4) is 0 Å². The molecule has 0 amide bonds. The van der Waals surface area contributed by atoms with Gasteiger partial charge >= 0.3 is 0 Å². The first-order valence-corrected chi connectivity index (χ1v) is 6.83. The monoisotopic (exact) mass is 321 g/mol. The summed E-state index contributed by atoms with van der Waals surface area (Å²) in [6.45, 7) is 0. The maximum Gasteiger partial charge on any atom is 0.230 e. The third-order valence-corrected chi connectivity index (χ3v) is 3.77. The van der Waals surface area contributed by atoms with Gasteiger partial charge in [-0.3, -0.25) is 4.98 Å². The quantitative estimate of drug-likeness (QED) is 0.779. The number of benzene rings is 1. The number of hydrogen-bond donors (Lipinski definition) is 1. The molecule has 0 fully saturated rings. The van der Waals surface area contributed by atoms with Gasteiger partial charge in [0.1, 0.15) is 5.69 Å². The number of nitrogen functional groups attached to an aromatic ring is 1. The van der Waals surface area contributed by atoms with E-state index < -0.39 is 0 Å². The summed E-state index contributed by atoms with van der Waals surface area (Å²) in [5.41, 5.74) is 10.1. The Balaban J connectivity index is 2.20. The van der Waals surface area contributed by atoms with Crippen molar-refractivity contribution in [2.75, 3.05) is 5.73 Å². The van der Waals surface area contributed by atoms with Gasteiger partial charge in [0, 0.05) is 10.7 Å². The third kappa shape index (κ3) is 1.93. The molecule has 0 aliphatic heterocycles. The van der Waals surface area contributed by atoms with Crippen molar-refractivity contribution in [1.82, 2.24) is 10.1 Å². The van der Waals surface area contributed by atoms with Gasteiger partial charge < -0.3 is 10.3 Å². The molecule has 0 spiro atoms. The molecule has 0 aliphatic rings. The number of halogens is 1. The van der Waals surface area contributed by atoms with Crippen LogP contribution < -0.4 is 5.73 Å². The van der Waals surface area contributed by atoms with Gasteiger partial charge in [-0.1, -0.05) is 33.2 Å². The molecule has 3 aromatic rings. The van der Waals surface area contributed by atoms with E-state index in [1.807, 2.05) is 24.3 Å². The van der Waals surface area contributed by atoms with E-state index in [0.29, 0.717) is 5.88 Å². The predicted octanol–water partition coefficient (Wildman–Crippen LogP) is 3.81. The molecule has 2 heterocycles. The van der Waals surface area contributed by atoms with Crippen LogP contribution in [0.15, 0.2) is 45.0 Å². The highest BCUT2D eigenvalue weighted by Crippen LogP contribution is 2.38. The second kappa shape index (κ2) is 4.55. The molecule has 4 nitrogen and oxygen atoms in total. The Kier molecular flexibility index (Phi) is 2.89. The first-order chi connectivity index (χ1) is 8.75. The molecule has 2 N–H and O–H groups in total. The van der Waals surface area contributed by atoms with Gasteiger partial charge in [0.25, 0.3) is 0 Å². The van der Waals surface area contributed by atoms with Gasteiger partial charge in [-0.2, -0.15) is 0 Å². The van der Waals surface area contributed by atoms with Gasteiger partial charge in [0.2, 0.25) is 5.88 Å². The fourth-order valence-electron chi connectivity index (χ4n) is 1.73. The van der Waals surface area contributed by atoms with Crippen LogP contribution in [-0.4, -0.2) is 10.1 Å².